The van der Waals surface area contributed by atoms with Gasteiger partial charge in [0.15, 0.2) is 12.3 Å². The van der Waals surface area contributed by atoms with Gasteiger partial charge in [-0.3, -0.25) is 9.59 Å². The van der Waals surface area contributed by atoms with Crippen molar-refractivity contribution in [3.05, 3.63) is 82.6 Å². The van der Waals surface area contributed by atoms with Crippen LogP contribution in [-0.4, -0.2) is 47.5 Å². The van der Waals surface area contributed by atoms with Crippen molar-refractivity contribution in [3.8, 4) is 5.75 Å². The third-order valence-electron chi connectivity index (χ3n) is 7.30. The first-order chi connectivity index (χ1) is 18.9. The van der Waals surface area contributed by atoms with Gasteiger partial charge in [0, 0.05) is 26.1 Å². The maximum atomic E-state index is 13.3. The fraction of sp³-hybridized carbons (Fsp3) is 0.452. The molecule has 5 rings (SSSR count). The van der Waals surface area contributed by atoms with Crippen LogP contribution >= 0.6 is 0 Å². The first kappa shape index (κ1) is 26.9. The van der Waals surface area contributed by atoms with Crippen molar-refractivity contribution in [1.29, 1.82) is 0 Å². The number of carbonyl (C=O) groups excluding carboxylic acids is 2. The summed E-state index contributed by atoms with van der Waals surface area (Å²) in [6, 6.07) is 14.3. The van der Waals surface area contributed by atoms with Crippen molar-refractivity contribution >= 4 is 11.8 Å². The topological polar surface area (TPSA) is 93.9 Å². The molecule has 0 radical (unpaired) electrons. The molecule has 0 spiro atoms. The summed E-state index contributed by atoms with van der Waals surface area (Å²) < 4.78 is 17.1. The number of rotatable bonds is 9. The predicted molar refractivity (Wildman–Crippen MR) is 146 cm³/mol. The highest BCUT2D eigenvalue weighted by molar-refractivity contribution is 5.91. The SMILES string of the molecule is Cc1ccc(C2c3cc(OCc4nc(C(=O)NCC5CCCO5)co4)ccc3CCN2C(=O)CC(C)C)cc1. The Morgan fingerprint density at radius 3 is 2.74 bits per heavy atom. The van der Waals surface area contributed by atoms with E-state index in [9.17, 15) is 9.59 Å². The molecule has 1 fully saturated rings. The Bertz CT molecular complexity index is 1290. The van der Waals surface area contributed by atoms with Crippen LogP contribution in [0.4, 0.5) is 0 Å². The van der Waals surface area contributed by atoms with Gasteiger partial charge < -0.3 is 24.1 Å². The molecule has 8 heteroatoms. The summed E-state index contributed by atoms with van der Waals surface area (Å²) in [5, 5.41) is 2.85. The minimum absolute atomic E-state index is 0.0630. The highest BCUT2D eigenvalue weighted by Crippen LogP contribution is 2.38. The predicted octanol–water partition coefficient (Wildman–Crippen LogP) is 4.99. The van der Waals surface area contributed by atoms with E-state index < -0.39 is 0 Å². The zero-order chi connectivity index (χ0) is 27.4. The number of aryl methyl sites for hydroxylation is 1. The third-order valence-corrected chi connectivity index (χ3v) is 7.30. The van der Waals surface area contributed by atoms with E-state index >= 15 is 0 Å². The van der Waals surface area contributed by atoms with Gasteiger partial charge in [0.05, 0.1) is 12.1 Å². The first-order valence-electron chi connectivity index (χ1n) is 13.8. The van der Waals surface area contributed by atoms with Crippen LogP contribution in [0.2, 0.25) is 0 Å². The average Bonchev–Trinajstić information content (AvgIpc) is 3.62. The number of carbonyl (C=O) groups is 2. The molecule has 2 unspecified atom stereocenters. The highest BCUT2D eigenvalue weighted by atomic mass is 16.5. The number of hydrogen-bond donors (Lipinski definition) is 1. The molecule has 2 atom stereocenters. The van der Waals surface area contributed by atoms with Gasteiger partial charge in [-0.15, -0.1) is 0 Å². The van der Waals surface area contributed by atoms with Crippen LogP contribution in [-0.2, 0) is 22.6 Å². The molecule has 2 amide bonds. The van der Waals surface area contributed by atoms with Gasteiger partial charge in [0.25, 0.3) is 5.91 Å². The maximum Gasteiger partial charge on any atom is 0.273 e. The van der Waals surface area contributed by atoms with Gasteiger partial charge in [-0.05, 0) is 60.9 Å². The van der Waals surface area contributed by atoms with E-state index in [1.54, 1.807) is 0 Å². The summed E-state index contributed by atoms with van der Waals surface area (Å²) in [6.45, 7) is 8.19. The Morgan fingerprint density at radius 2 is 2.00 bits per heavy atom. The van der Waals surface area contributed by atoms with E-state index in [0.717, 1.165) is 37.0 Å². The van der Waals surface area contributed by atoms with E-state index in [4.69, 9.17) is 13.9 Å². The molecule has 3 aromatic rings. The molecule has 1 N–H and O–H groups in total. The van der Waals surface area contributed by atoms with E-state index in [0.29, 0.717) is 31.2 Å². The largest absolute Gasteiger partial charge is 0.484 e. The van der Waals surface area contributed by atoms with Gasteiger partial charge in [0.1, 0.15) is 12.0 Å². The number of hydrogen-bond acceptors (Lipinski definition) is 6. The average molecular weight is 532 g/mol. The molecule has 2 aliphatic rings. The first-order valence-corrected chi connectivity index (χ1v) is 13.8. The van der Waals surface area contributed by atoms with Gasteiger partial charge in [0.2, 0.25) is 11.8 Å². The Labute approximate surface area is 229 Å². The van der Waals surface area contributed by atoms with Crippen LogP contribution in [0.25, 0.3) is 0 Å². The van der Waals surface area contributed by atoms with Crippen molar-refractivity contribution in [2.45, 2.75) is 65.2 Å². The van der Waals surface area contributed by atoms with Crippen LogP contribution in [0.1, 0.15) is 77.8 Å². The number of nitrogens with zero attached hydrogens (tertiary/aromatic N) is 2. The minimum atomic E-state index is -0.290. The summed E-state index contributed by atoms with van der Waals surface area (Å²) in [6.07, 6.45) is 4.70. The van der Waals surface area contributed by atoms with Crippen LogP contribution in [0.15, 0.2) is 53.1 Å². The number of fused-ring (bicyclic) bond motifs is 1. The Hall–Kier alpha value is -3.65. The summed E-state index contributed by atoms with van der Waals surface area (Å²) in [4.78, 5) is 32.0. The molecule has 39 heavy (non-hydrogen) atoms. The second-order valence-electron chi connectivity index (χ2n) is 10.9. The lowest BCUT2D eigenvalue weighted by atomic mass is 9.87. The van der Waals surface area contributed by atoms with Crippen molar-refractivity contribution in [1.82, 2.24) is 15.2 Å². The van der Waals surface area contributed by atoms with Crippen LogP contribution in [0.3, 0.4) is 0 Å². The van der Waals surface area contributed by atoms with Crippen molar-refractivity contribution < 1.29 is 23.5 Å². The van der Waals surface area contributed by atoms with Gasteiger partial charge in [-0.1, -0.05) is 49.7 Å². The molecule has 0 saturated carbocycles. The Morgan fingerprint density at radius 1 is 1.18 bits per heavy atom. The Balaban J connectivity index is 1.30. The molecule has 2 aromatic carbocycles. The summed E-state index contributed by atoms with van der Waals surface area (Å²) in [5.74, 6) is 1.14. The maximum absolute atomic E-state index is 13.3. The molecule has 0 bridgehead atoms. The molecular formula is C31H37N3O5. The molecule has 2 aliphatic heterocycles. The highest BCUT2D eigenvalue weighted by Gasteiger charge is 2.32. The number of aromatic nitrogens is 1. The molecular weight excluding hydrogens is 494 g/mol. The van der Waals surface area contributed by atoms with E-state index in [-0.39, 0.29) is 42.2 Å². The number of benzene rings is 2. The summed E-state index contributed by atoms with van der Waals surface area (Å²) in [7, 11) is 0. The Kier molecular flexibility index (Phi) is 8.31. The monoisotopic (exact) mass is 531 g/mol. The van der Waals surface area contributed by atoms with Gasteiger partial charge in [-0.25, -0.2) is 4.98 Å². The van der Waals surface area contributed by atoms with Crippen molar-refractivity contribution in [2.75, 3.05) is 19.7 Å². The summed E-state index contributed by atoms with van der Waals surface area (Å²) >= 11 is 0. The number of ether oxygens (including phenoxy) is 2. The van der Waals surface area contributed by atoms with Gasteiger partial charge >= 0.3 is 0 Å². The third kappa shape index (κ3) is 6.50. The number of amides is 2. The lowest BCUT2D eigenvalue weighted by Crippen LogP contribution is -2.41. The second-order valence-corrected chi connectivity index (χ2v) is 10.9. The normalized spacial score (nSPS) is 18.7. The fourth-order valence-corrected chi connectivity index (χ4v) is 5.26. The van der Waals surface area contributed by atoms with Crippen molar-refractivity contribution in [2.24, 2.45) is 5.92 Å². The molecule has 0 aliphatic carbocycles. The lowest BCUT2D eigenvalue weighted by molar-refractivity contribution is -0.134. The standard InChI is InChI=1S/C31H37N3O5/c1-20(2)15-29(35)34-13-12-22-10-11-24(16-26(22)30(34)23-8-6-21(3)7-9-23)38-19-28-33-27(18-39-28)31(36)32-17-25-5-4-14-37-25/h6-11,16,18,20,25,30H,4-5,12-15,17,19H2,1-3H3,(H,32,36). The zero-order valence-corrected chi connectivity index (χ0v) is 22.9. The lowest BCUT2D eigenvalue weighted by Gasteiger charge is -2.38. The van der Waals surface area contributed by atoms with Gasteiger partial charge in [-0.2, -0.15) is 0 Å². The number of oxazole rings is 1. The van der Waals surface area contributed by atoms with E-state index in [1.807, 2.05) is 17.0 Å². The fourth-order valence-electron chi connectivity index (χ4n) is 5.26. The minimum Gasteiger partial charge on any atom is -0.484 e. The van der Waals surface area contributed by atoms with Crippen molar-refractivity contribution in [3.63, 3.8) is 0 Å². The molecule has 1 aromatic heterocycles. The van der Waals surface area contributed by atoms with Crippen LogP contribution in [0.5, 0.6) is 5.75 Å². The molecule has 8 nitrogen and oxygen atoms in total. The second kappa shape index (κ2) is 12.0. The molecule has 1 saturated heterocycles. The summed E-state index contributed by atoms with van der Waals surface area (Å²) in [5.41, 5.74) is 4.76. The van der Waals surface area contributed by atoms with E-state index in [1.165, 1.54) is 17.4 Å². The molecule has 3 heterocycles. The van der Waals surface area contributed by atoms with E-state index in [2.05, 4.69) is 61.4 Å². The number of nitrogens with one attached hydrogen (secondary N) is 1. The van der Waals surface area contributed by atoms with Crippen LogP contribution < -0.4 is 10.1 Å². The van der Waals surface area contributed by atoms with Crippen LogP contribution in [0, 0.1) is 12.8 Å². The zero-order valence-electron chi connectivity index (χ0n) is 22.9. The quantitative estimate of drug-likeness (QED) is 0.418. The molecule has 206 valence electrons. The smallest absolute Gasteiger partial charge is 0.273 e.